The number of allylic oxidation sites excluding steroid dienone is 2. The van der Waals surface area contributed by atoms with Gasteiger partial charge >= 0.3 is 0 Å². The smallest absolute Gasteiger partial charge is 0.227 e. The van der Waals surface area contributed by atoms with Gasteiger partial charge in [0.05, 0.1) is 6.20 Å². The average molecular weight is 560 g/mol. The second kappa shape index (κ2) is 10.8. The number of aromatic nitrogens is 1. The number of ketones is 1. The Morgan fingerprint density at radius 3 is 2.23 bits per heavy atom. The van der Waals surface area contributed by atoms with Gasteiger partial charge in [-0.1, -0.05) is 86.4 Å². The maximum Gasteiger partial charge on any atom is 0.227 e. The summed E-state index contributed by atoms with van der Waals surface area (Å²) < 4.78 is 5.78. The van der Waals surface area contributed by atoms with E-state index < -0.39 is 5.41 Å². The number of hydrogen-bond acceptors (Lipinski definition) is 4. The first kappa shape index (κ1) is 32.1. The van der Waals surface area contributed by atoms with Gasteiger partial charge in [-0.15, -0.1) is 0 Å². The predicted molar refractivity (Wildman–Crippen MR) is 161 cm³/mol. The van der Waals surface area contributed by atoms with Gasteiger partial charge in [0.2, 0.25) is 5.24 Å². The van der Waals surface area contributed by atoms with Crippen LogP contribution in [0.3, 0.4) is 0 Å². The number of carbonyl (C=O) groups excluding carboxylic acids is 2. The highest BCUT2D eigenvalue weighted by Gasteiger charge is 2.61. The summed E-state index contributed by atoms with van der Waals surface area (Å²) in [5, 5.41) is 3.95. The predicted octanol–water partition coefficient (Wildman–Crippen LogP) is 9.63. The molecule has 220 valence electrons. The van der Waals surface area contributed by atoms with Gasteiger partial charge in [0.15, 0.2) is 5.78 Å². The molecule has 2 aliphatic rings. The standard InChI is InChI=1S/C34H54ClNO3/c1-12-14-29(3,4)16-18-32(9,28(35)38)19-17-30(5,6)34(11)15-13-25-31(7,8)27-24(22-36-39-27)21-33(25,10)26(34)20-23(2)37/h20,22,25H,12-19,21H2,1-11H3/b26-20-/t25?,32-,33-,34+/m0/s1. The van der Waals surface area contributed by atoms with Crippen molar-refractivity contribution in [2.24, 2.45) is 33.0 Å². The highest BCUT2D eigenvalue weighted by atomic mass is 35.5. The lowest BCUT2D eigenvalue weighted by Gasteiger charge is -2.62. The molecule has 1 fully saturated rings. The summed E-state index contributed by atoms with van der Waals surface area (Å²) in [6.07, 6.45) is 12.4. The van der Waals surface area contributed by atoms with E-state index in [1.54, 1.807) is 6.92 Å². The molecule has 0 spiro atoms. The summed E-state index contributed by atoms with van der Waals surface area (Å²) in [5.74, 6) is 1.44. The van der Waals surface area contributed by atoms with Gasteiger partial charge in [0.1, 0.15) is 5.76 Å². The Hall–Kier alpha value is -1.42. The molecule has 2 aliphatic carbocycles. The van der Waals surface area contributed by atoms with E-state index in [4.69, 9.17) is 16.1 Å². The Morgan fingerprint density at radius 2 is 1.67 bits per heavy atom. The highest BCUT2D eigenvalue weighted by molar-refractivity contribution is 6.64. The number of carbonyl (C=O) groups is 2. The third-order valence-electron chi connectivity index (χ3n) is 11.5. The molecule has 0 bridgehead atoms. The second-order valence-electron chi connectivity index (χ2n) is 15.7. The van der Waals surface area contributed by atoms with E-state index in [-0.39, 0.29) is 38.1 Å². The van der Waals surface area contributed by atoms with E-state index in [2.05, 4.69) is 74.4 Å². The van der Waals surface area contributed by atoms with Crippen molar-refractivity contribution in [1.29, 1.82) is 0 Å². The first-order valence-electron chi connectivity index (χ1n) is 15.1. The van der Waals surface area contributed by atoms with Crippen LogP contribution in [0.1, 0.15) is 139 Å². The van der Waals surface area contributed by atoms with Crippen LogP contribution in [0.2, 0.25) is 0 Å². The fraction of sp³-hybridized carbons (Fsp3) is 0.794. The fourth-order valence-corrected chi connectivity index (χ4v) is 8.57. The maximum atomic E-state index is 12.8. The summed E-state index contributed by atoms with van der Waals surface area (Å²) in [6.45, 7) is 24.5. The summed E-state index contributed by atoms with van der Waals surface area (Å²) in [7, 11) is 0. The van der Waals surface area contributed by atoms with Crippen molar-refractivity contribution < 1.29 is 14.1 Å². The zero-order chi connectivity index (χ0) is 29.7. The molecule has 5 heteroatoms. The van der Waals surface area contributed by atoms with Gasteiger partial charge in [-0.3, -0.25) is 9.59 Å². The Balaban J connectivity index is 1.96. The molecule has 0 radical (unpaired) electrons. The minimum Gasteiger partial charge on any atom is -0.361 e. The maximum absolute atomic E-state index is 12.8. The van der Waals surface area contributed by atoms with Crippen molar-refractivity contribution in [2.45, 2.75) is 139 Å². The van der Waals surface area contributed by atoms with E-state index in [9.17, 15) is 9.59 Å². The molecule has 0 aromatic carbocycles. The van der Waals surface area contributed by atoms with Crippen LogP contribution in [-0.2, 0) is 21.4 Å². The van der Waals surface area contributed by atoms with Crippen molar-refractivity contribution in [2.75, 3.05) is 0 Å². The fourth-order valence-electron chi connectivity index (χ4n) is 8.38. The largest absolute Gasteiger partial charge is 0.361 e. The van der Waals surface area contributed by atoms with Gasteiger partial charge in [-0.25, -0.2) is 0 Å². The number of hydrogen-bond donors (Lipinski definition) is 0. The number of halogens is 1. The molecule has 39 heavy (non-hydrogen) atoms. The van der Waals surface area contributed by atoms with Gasteiger partial charge < -0.3 is 4.52 Å². The molecule has 4 nitrogen and oxygen atoms in total. The topological polar surface area (TPSA) is 60.2 Å². The number of rotatable bonds is 11. The summed E-state index contributed by atoms with van der Waals surface area (Å²) in [6, 6.07) is 0. The molecular weight excluding hydrogens is 506 g/mol. The van der Waals surface area contributed by atoms with Crippen molar-refractivity contribution in [3.63, 3.8) is 0 Å². The second-order valence-corrected chi connectivity index (χ2v) is 16.1. The lowest BCUT2D eigenvalue weighted by atomic mass is 9.41. The third kappa shape index (κ3) is 5.84. The quantitative estimate of drug-likeness (QED) is 0.200. The first-order valence-corrected chi connectivity index (χ1v) is 15.5. The summed E-state index contributed by atoms with van der Waals surface area (Å²) >= 11 is 6.31. The monoisotopic (exact) mass is 559 g/mol. The molecule has 0 amide bonds. The van der Waals surface area contributed by atoms with Crippen LogP contribution in [-0.4, -0.2) is 16.2 Å². The highest BCUT2D eigenvalue weighted by Crippen LogP contribution is 2.67. The molecule has 1 unspecified atom stereocenters. The number of fused-ring (bicyclic) bond motifs is 2. The van der Waals surface area contributed by atoms with Gasteiger partial charge in [0, 0.05) is 16.4 Å². The van der Waals surface area contributed by atoms with Gasteiger partial charge in [-0.05, 0) is 104 Å². The van der Waals surface area contributed by atoms with Crippen LogP contribution in [0.4, 0.5) is 0 Å². The number of nitrogens with zero attached hydrogens (tertiary/aromatic N) is 1. The van der Waals surface area contributed by atoms with Crippen LogP contribution < -0.4 is 0 Å². The van der Waals surface area contributed by atoms with Gasteiger partial charge in [-0.2, -0.15) is 0 Å². The van der Waals surface area contributed by atoms with Crippen LogP contribution in [0.5, 0.6) is 0 Å². The van der Waals surface area contributed by atoms with Crippen LogP contribution in [0, 0.1) is 33.0 Å². The Morgan fingerprint density at radius 1 is 1.05 bits per heavy atom. The van der Waals surface area contributed by atoms with Crippen molar-refractivity contribution in [3.05, 3.63) is 29.2 Å². The molecule has 1 aromatic rings. The lowest BCUT2D eigenvalue weighted by Crippen LogP contribution is -2.56. The normalized spacial score (nSPS) is 29.4. The molecule has 0 N–H and O–H groups in total. The Kier molecular flexibility index (Phi) is 8.86. The summed E-state index contributed by atoms with van der Waals surface area (Å²) in [5.41, 5.74) is 1.35. The minimum absolute atomic E-state index is 0.0988. The average Bonchev–Trinajstić information content (AvgIpc) is 3.27. The van der Waals surface area contributed by atoms with E-state index in [1.807, 2.05) is 12.3 Å². The lowest BCUT2D eigenvalue weighted by molar-refractivity contribution is -0.121. The zero-order valence-corrected chi connectivity index (χ0v) is 27.4. The van der Waals surface area contributed by atoms with Crippen LogP contribution >= 0.6 is 11.6 Å². The Bertz CT molecular complexity index is 1110. The van der Waals surface area contributed by atoms with E-state index in [1.165, 1.54) is 5.57 Å². The van der Waals surface area contributed by atoms with E-state index >= 15 is 0 Å². The molecule has 1 aromatic heterocycles. The van der Waals surface area contributed by atoms with Crippen molar-refractivity contribution in [3.8, 4) is 0 Å². The zero-order valence-electron chi connectivity index (χ0n) is 26.6. The third-order valence-corrected chi connectivity index (χ3v) is 11.9. The van der Waals surface area contributed by atoms with Crippen molar-refractivity contribution >= 4 is 22.6 Å². The minimum atomic E-state index is -0.560. The van der Waals surface area contributed by atoms with Gasteiger partial charge in [0.25, 0.3) is 0 Å². The van der Waals surface area contributed by atoms with E-state index in [0.29, 0.717) is 5.92 Å². The molecule has 0 saturated heterocycles. The molecular formula is C34H54ClNO3. The van der Waals surface area contributed by atoms with Crippen LogP contribution in [0.25, 0.3) is 0 Å². The summed E-state index contributed by atoms with van der Waals surface area (Å²) in [4.78, 5) is 25.6. The van der Waals surface area contributed by atoms with Crippen molar-refractivity contribution in [1.82, 2.24) is 5.16 Å². The Labute approximate surface area is 243 Å². The molecule has 4 atom stereocenters. The molecule has 3 rings (SSSR count). The SMILES string of the molecule is CCCC(C)(C)CC[C@@](C)(CCC(C)(C)[C@]1(C)CCC2C(C)(C)c3oncc3C[C@]2(C)/C1=C/C(C)=O)C(=O)Cl. The van der Waals surface area contributed by atoms with Crippen LogP contribution in [0.15, 0.2) is 22.4 Å². The first-order chi connectivity index (χ1) is 17.8. The molecule has 1 heterocycles. The molecule has 0 aliphatic heterocycles. The molecule has 1 saturated carbocycles. The van der Waals surface area contributed by atoms with E-state index in [0.717, 1.165) is 69.1 Å².